The molecule has 0 aromatic heterocycles. The van der Waals surface area contributed by atoms with Gasteiger partial charge in [-0.15, -0.1) is 0 Å². The van der Waals surface area contributed by atoms with Gasteiger partial charge in [-0.2, -0.15) is 0 Å². The summed E-state index contributed by atoms with van der Waals surface area (Å²) in [5, 5.41) is 7.20. The summed E-state index contributed by atoms with van der Waals surface area (Å²) in [6.07, 6.45) is 5.08. The molecule has 2 rings (SSSR count). The van der Waals surface area contributed by atoms with Gasteiger partial charge in [-0.05, 0) is 38.0 Å². The number of hydrogen-bond donors (Lipinski definition) is 2. The van der Waals surface area contributed by atoms with Crippen LogP contribution >= 0.6 is 0 Å². The smallest absolute Gasteiger partial charge is 0.0620 e. The van der Waals surface area contributed by atoms with Crippen molar-refractivity contribution in [3.05, 3.63) is 0 Å². The minimum atomic E-state index is 0.523. The van der Waals surface area contributed by atoms with Crippen LogP contribution in [-0.4, -0.2) is 52.1 Å². The summed E-state index contributed by atoms with van der Waals surface area (Å²) in [5.74, 6) is 0. The first kappa shape index (κ1) is 14.3. The molecule has 1 aliphatic heterocycles. The van der Waals surface area contributed by atoms with Gasteiger partial charge in [-0.1, -0.05) is 0 Å². The fourth-order valence-corrected chi connectivity index (χ4v) is 2.68. The largest absolute Gasteiger partial charge is 0.385 e. The molecule has 4 nitrogen and oxygen atoms in total. The van der Waals surface area contributed by atoms with E-state index in [2.05, 4.69) is 17.6 Å². The molecule has 0 aromatic carbocycles. The second-order valence-corrected chi connectivity index (χ2v) is 5.99. The molecule has 1 heterocycles. The lowest BCUT2D eigenvalue weighted by Crippen LogP contribution is -2.45. The van der Waals surface area contributed by atoms with E-state index in [0.29, 0.717) is 17.5 Å². The van der Waals surface area contributed by atoms with Gasteiger partial charge in [0.1, 0.15) is 0 Å². The normalized spacial score (nSPS) is 28.0. The third-order valence-corrected chi connectivity index (χ3v) is 4.26. The van der Waals surface area contributed by atoms with Gasteiger partial charge < -0.3 is 20.1 Å². The Bertz CT molecular complexity index is 238. The van der Waals surface area contributed by atoms with Crippen molar-refractivity contribution < 1.29 is 9.47 Å². The Hall–Kier alpha value is -0.160. The lowest BCUT2D eigenvalue weighted by atomic mass is 10.0. The predicted octanol–water partition coefficient (Wildman–Crippen LogP) is 1.16. The summed E-state index contributed by atoms with van der Waals surface area (Å²) >= 11 is 0. The van der Waals surface area contributed by atoms with Gasteiger partial charge in [-0.3, -0.25) is 0 Å². The van der Waals surface area contributed by atoms with E-state index in [1.165, 1.54) is 19.3 Å². The lowest BCUT2D eigenvalue weighted by molar-refractivity contribution is 0.0709. The molecule has 0 spiro atoms. The fourth-order valence-electron chi connectivity index (χ4n) is 2.68. The number of nitrogens with one attached hydrogen (secondary N) is 2. The quantitative estimate of drug-likeness (QED) is 0.684. The number of methoxy groups -OCH3 is 1. The number of ether oxygens (including phenoxy) is 2. The molecule has 1 saturated heterocycles. The Morgan fingerprint density at radius 3 is 2.94 bits per heavy atom. The highest BCUT2D eigenvalue weighted by Gasteiger charge is 2.41. The average Bonchev–Trinajstić information content (AvgIpc) is 3.16. The van der Waals surface area contributed by atoms with Crippen molar-refractivity contribution in [2.45, 2.75) is 44.7 Å². The van der Waals surface area contributed by atoms with Crippen LogP contribution in [0.15, 0.2) is 0 Å². The second-order valence-electron chi connectivity index (χ2n) is 5.99. The monoisotopic (exact) mass is 256 g/mol. The summed E-state index contributed by atoms with van der Waals surface area (Å²) in [5.41, 5.74) is 0.542. The van der Waals surface area contributed by atoms with Crippen molar-refractivity contribution in [2.75, 3.05) is 40.0 Å². The van der Waals surface area contributed by atoms with Crippen LogP contribution in [0.3, 0.4) is 0 Å². The van der Waals surface area contributed by atoms with E-state index in [0.717, 1.165) is 39.3 Å². The van der Waals surface area contributed by atoms with Crippen molar-refractivity contribution in [3.63, 3.8) is 0 Å². The van der Waals surface area contributed by atoms with Crippen molar-refractivity contribution in [3.8, 4) is 0 Å². The zero-order valence-corrected chi connectivity index (χ0v) is 11.8. The highest BCUT2D eigenvalue weighted by molar-refractivity contribution is 4.95. The average molecular weight is 256 g/mol. The Morgan fingerprint density at radius 2 is 2.33 bits per heavy atom. The third-order valence-electron chi connectivity index (χ3n) is 4.26. The molecule has 0 aromatic rings. The molecule has 2 unspecified atom stereocenters. The Labute approximate surface area is 111 Å². The summed E-state index contributed by atoms with van der Waals surface area (Å²) in [6.45, 7) is 7.04. The van der Waals surface area contributed by atoms with Crippen LogP contribution < -0.4 is 10.6 Å². The Kier molecular flexibility index (Phi) is 5.42. The van der Waals surface area contributed by atoms with Crippen molar-refractivity contribution in [1.29, 1.82) is 0 Å². The maximum Gasteiger partial charge on any atom is 0.0620 e. The highest BCUT2D eigenvalue weighted by atomic mass is 16.5. The van der Waals surface area contributed by atoms with Crippen LogP contribution in [0, 0.1) is 5.41 Å². The van der Waals surface area contributed by atoms with Crippen LogP contribution in [0.2, 0.25) is 0 Å². The first-order chi connectivity index (χ1) is 8.74. The molecule has 2 atom stereocenters. The molecule has 0 radical (unpaired) electrons. The van der Waals surface area contributed by atoms with Crippen molar-refractivity contribution >= 4 is 0 Å². The van der Waals surface area contributed by atoms with E-state index in [-0.39, 0.29) is 0 Å². The SMILES string of the molecule is COCCC1(CNC(C)CC2COCCN2)CC1. The Balaban J connectivity index is 1.60. The molecule has 2 aliphatic rings. The van der Waals surface area contributed by atoms with E-state index in [4.69, 9.17) is 9.47 Å². The first-order valence-corrected chi connectivity index (χ1v) is 7.28. The van der Waals surface area contributed by atoms with Gasteiger partial charge in [0.05, 0.1) is 13.2 Å². The van der Waals surface area contributed by atoms with E-state index in [1.807, 2.05) is 0 Å². The van der Waals surface area contributed by atoms with Gasteiger partial charge in [0.25, 0.3) is 0 Å². The fraction of sp³-hybridized carbons (Fsp3) is 1.00. The summed E-state index contributed by atoms with van der Waals surface area (Å²) in [7, 11) is 1.79. The van der Waals surface area contributed by atoms with Crippen LogP contribution in [-0.2, 0) is 9.47 Å². The van der Waals surface area contributed by atoms with Gasteiger partial charge in [0.2, 0.25) is 0 Å². The number of rotatable bonds is 8. The van der Waals surface area contributed by atoms with E-state index >= 15 is 0 Å². The summed E-state index contributed by atoms with van der Waals surface area (Å²) < 4.78 is 10.7. The molecule has 2 fully saturated rings. The van der Waals surface area contributed by atoms with Gasteiger partial charge >= 0.3 is 0 Å². The molecule has 0 bridgehead atoms. The lowest BCUT2D eigenvalue weighted by Gasteiger charge is -2.27. The van der Waals surface area contributed by atoms with Crippen LogP contribution in [0.25, 0.3) is 0 Å². The number of hydrogen-bond acceptors (Lipinski definition) is 4. The van der Waals surface area contributed by atoms with E-state index in [1.54, 1.807) is 7.11 Å². The van der Waals surface area contributed by atoms with Gasteiger partial charge in [0, 0.05) is 38.9 Å². The molecule has 1 aliphatic carbocycles. The molecular formula is C14H28N2O2. The highest BCUT2D eigenvalue weighted by Crippen LogP contribution is 2.48. The molecule has 2 N–H and O–H groups in total. The number of morpholine rings is 1. The van der Waals surface area contributed by atoms with E-state index < -0.39 is 0 Å². The minimum Gasteiger partial charge on any atom is -0.385 e. The van der Waals surface area contributed by atoms with Crippen LogP contribution in [0.1, 0.15) is 32.6 Å². The predicted molar refractivity (Wildman–Crippen MR) is 72.9 cm³/mol. The zero-order chi connectivity index (χ0) is 12.8. The standard InChI is InChI=1S/C14H28N2O2/c1-12(9-13-10-18-8-6-15-13)16-11-14(3-4-14)5-7-17-2/h12-13,15-16H,3-11H2,1-2H3. The molecule has 0 amide bonds. The van der Waals surface area contributed by atoms with Crippen LogP contribution in [0.5, 0.6) is 0 Å². The molecule has 1 saturated carbocycles. The molecular weight excluding hydrogens is 228 g/mol. The molecule has 106 valence electrons. The molecule has 4 heteroatoms. The second kappa shape index (κ2) is 6.85. The van der Waals surface area contributed by atoms with Crippen LogP contribution in [0.4, 0.5) is 0 Å². The Morgan fingerprint density at radius 1 is 1.50 bits per heavy atom. The topological polar surface area (TPSA) is 42.5 Å². The van der Waals surface area contributed by atoms with E-state index in [9.17, 15) is 0 Å². The first-order valence-electron chi connectivity index (χ1n) is 7.28. The molecule has 18 heavy (non-hydrogen) atoms. The maximum absolute atomic E-state index is 5.49. The maximum atomic E-state index is 5.49. The summed E-state index contributed by atoms with van der Waals surface area (Å²) in [6, 6.07) is 1.08. The zero-order valence-electron chi connectivity index (χ0n) is 11.8. The van der Waals surface area contributed by atoms with Crippen molar-refractivity contribution in [1.82, 2.24) is 10.6 Å². The summed E-state index contributed by atoms with van der Waals surface area (Å²) in [4.78, 5) is 0. The third kappa shape index (κ3) is 4.50. The minimum absolute atomic E-state index is 0.523. The van der Waals surface area contributed by atoms with Gasteiger partial charge in [0.15, 0.2) is 0 Å². The van der Waals surface area contributed by atoms with Gasteiger partial charge in [-0.25, -0.2) is 0 Å². The van der Waals surface area contributed by atoms with Crippen molar-refractivity contribution in [2.24, 2.45) is 5.41 Å².